The monoisotopic (exact) mass is 360 g/mol. The number of carbonyl (C=O) groups excluding carboxylic acids is 1. The molecular weight excluding hydrogens is 344 g/mol. The molecule has 27 heavy (non-hydrogen) atoms. The van der Waals surface area contributed by atoms with Crippen LogP contribution in [0.25, 0.3) is 22.4 Å². The third kappa shape index (κ3) is 2.97. The summed E-state index contributed by atoms with van der Waals surface area (Å²) < 4.78 is 10.9. The Morgan fingerprint density at radius 1 is 1.22 bits per heavy atom. The summed E-state index contributed by atoms with van der Waals surface area (Å²) in [4.78, 5) is 21.3. The van der Waals surface area contributed by atoms with Crippen LogP contribution in [-0.2, 0) is 0 Å². The summed E-state index contributed by atoms with van der Waals surface area (Å²) in [5.74, 6) is 0.943. The molecule has 3 aromatic heterocycles. The summed E-state index contributed by atoms with van der Waals surface area (Å²) in [5.41, 5.74) is 3.84. The number of aromatic nitrogens is 3. The van der Waals surface area contributed by atoms with E-state index in [-0.39, 0.29) is 5.91 Å². The van der Waals surface area contributed by atoms with E-state index in [2.05, 4.69) is 20.4 Å². The van der Waals surface area contributed by atoms with Gasteiger partial charge in [0.25, 0.3) is 5.91 Å². The van der Waals surface area contributed by atoms with Crippen LogP contribution in [0.15, 0.2) is 51.7 Å². The van der Waals surface area contributed by atoms with Crippen LogP contribution in [0.3, 0.4) is 0 Å². The van der Waals surface area contributed by atoms with E-state index in [9.17, 15) is 4.79 Å². The van der Waals surface area contributed by atoms with Gasteiger partial charge < -0.3 is 14.3 Å². The Labute approximate surface area is 154 Å². The lowest BCUT2D eigenvalue weighted by Crippen LogP contribution is -2.11. The molecule has 1 amide bonds. The first-order valence-electron chi connectivity index (χ1n) is 8.76. The number of nitrogens with one attached hydrogen (secondary N) is 1. The molecule has 1 aromatic carbocycles. The molecule has 7 heteroatoms. The van der Waals surface area contributed by atoms with Gasteiger partial charge in [-0.25, -0.2) is 4.98 Å². The van der Waals surface area contributed by atoms with Gasteiger partial charge >= 0.3 is 0 Å². The molecule has 0 spiro atoms. The van der Waals surface area contributed by atoms with Crippen LogP contribution >= 0.6 is 0 Å². The van der Waals surface area contributed by atoms with E-state index in [0.717, 1.165) is 29.8 Å². The number of amides is 1. The normalized spacial score (nSPS) is 13.8. The maximum atomic E-state index is 12.6. The maximum Gasteiger partial charge on any atom is 0.255 e. The number of fused-ring (bicyclic) bond motifs is 1. The molecule has 0 saturated heterocycles. The zero-order chi connectivity index (χ0) is 18.4. The summed E-state index contributed by atoms with van der Waals surface area (Å²) in [7, 11) is 0. The van der Waals surface area contributed by atoms with Crippen molar-refractivity contribution in [3.05, 3.63) is 59.9 Å². The summed E-state index contributed by atoms with van der Waals surface area (Å²) in [6.45, 7) is 1.87. The van der Waals surface area contributed by atoms with Gasteiger partial charge in [0.2, 0.25) is 0 Å². The zero-order valence-corrected chi connectivity index (χ0v) is 14.6. The second-order valence-electron chi connectivity index (χ2n) is 6.73. The molecule has 1 aliphatic carbocycles. The van der Waals surface area contributed by atoms with Gasteiger partial charge in [-0.15, -0.1) is 0 Å². The van der Waals surface area contributed by atoms with Crippen LogP contribution in [0.1, 0.15) is 40.7 Å². The van der Waals surface area contributed by atoms with Crippen LogP contribution in [0.2, 0.25) is 0 Å². The highest BCUT2D eigenvalue weighted by Gasteiger charge is 2.29. The molecule has 0 bridgehead atoms. The van der Waals surface area contributed by atoms with E-state index in [1.807, 2.05) is 13.0 Å². The first kappa shape index (κ1) is 15.7. The van der Waals surface area contributed by atoms with Crippen molar-refractivity contribution in [3.8, 4) is 11.4 Å². The minimum Gasteiger partial charge on any atom is -0.448 e. The highest BCUT2D eigenvalue weighted by molar-refractivity contribution is 6.07. The molecule has 134 valence electrons. The van der Waals surface area contributed by atoms with Gasteiger partial charge in [0.1, 0.15) is 17.7 Å². The van der Waals surface area contributed by atoms with Crippen LogP contribution < -0.4 is 5.32 Å². The molecule has 0 radical (unpaired) electrons. The maximum absolute atomic E-state index is 12.6. The van der Waals surface area contributed by atoms with Crippen LogP contribution in [0.4, 0.5) is 5.69 Å². The summed E-state index contributed by atoms with van der Waals surface area (Å²) >= 11 is 0. The number of oxazole rings is 1. The highest BCUT2D eigenvalue weighted by atomic mass is 16.5. The van der Waals surface area contributed by atoms with Crippen molar-refractivity contribution < 1.29 is 13.7 Å². The number of anilines is 1. The molecule has 0 atom stereocenters. The van der Waals surface area contributed by atoms with E-state index < -0.39 is 0 Å². The Hall–Kier alpha value is -3.48. The van der Waals surface area contributed by atoms with Gasteiger partial charge in [0.05, 0.1) is 5.39 Å². The minimum atomic E-state index is -0.214. The Balaban J connectivity index is 1.47. The van der Waals surface area contributed by atoms with E-state index in [1.165, 1.54) is 0 Å². The van der Waals surface area contributed by atoms with Gasteiger partial charge in [0.15, 0.2) is 11.5 Å². The van der Waals surface area contributed by atoms with Crippen molar-refractivity contribution in [1.29, 1.82) is 0 Å². The number of hydrogen-bond donors (Lipinski definition) is 1. The summed E-state index contributed by atoms with van der Waals surface area (Å²) in [5, 5.41) is 7.72. The number of aryl methyl sites for hydroxylation is 1. The van der Waals surface area contributed by atoms with Crippen molar-refractivity contribution in [3.63, 3.8) is 0 Å². The Bertz CT molecular complexity index is 1160. The second kappa shape index (κ2) is 6.05. The largest absolute Gasteiger partial charge is 0.448 e. The fraction of sp³-hybridized carbons (Fsp3) is 0.200. The second-order valence-corrected chi connectivity index (χ2v) is 6.73. The Kier molecular flexibility index (Phi) is 3.53. The summed E-state index contributed by atoms with van der Waals surface area (Å²) in [6, 6.07) is 8.77. The fourth-order valence-corrected chi connectivity index (χ4v) is 3.01. The van der Waals surface area contributed by atoms with Gasteiger partial charge in [-0.2, -0.15) is 0 Å². The van der Waals surface area contributed by atoms with Gasteiger partial charge in [-0.3, -0.25) is 9.78 Å². The number of pyridine rings is 1. The van der Waals surface area contributed by atoms with E-state index in [0.29, 0.717) is 34.1 Å². The Morgan fingerprint density at radius 3 is 2.93 bits per heavy atom. The Morgan fingerprint density at radius 2 is 2.11 bits per heavy atom. The van der Waals surface area contributed by atoms with Gasteiger partial charge in [-0.05, 0) is 50.1 Å². The van der Waals surface area contributed by atoms with Crippen molar-refractivity contribution >= 4 is 22.6 Å². The number of hydrogen-bond acceptors (Lipinski definition) is 6. The number of carbonyl (C=O) groups is 1. The third-order valence-corrected chi connectivity index (χ3v) is 4.58. The lowest BCUT2D eigenvalue weighted by molar-refractivity contribution is 0.102. The average molecular weight is 360 g/mol. The third-order valence-electron chi connectivity index (χ3n) is 4.58. The predicted octanol–water partition coefficient (Wildman–Crippen LogP) is 4.32. The first-order chi connectivity index (χ1) is 13.2. The molecule has 4 aromatic rings. The quantitative estimate of drug-likeness (QED) is 0.582. The molecule has 1 aliphatic rings. The number of benzene rings is 1. The topological polar surface area (TPSA) is 94.1 Å². The van der Waals surface area contributed by atoms with Gasteiger partial charge in [-0.1, -0.05) is 5.16 Å². The molecule has 5 rings (SSSR count). The number of rotatable bonds is 4. The molecule has 7 nitrogen and oxygen atoms in total. The molecular formula is C20H16N4O3. The zero-order valence-electron chi connectivity index (χ0n) is 14.6. The smallest absolute Gasteiger partial charge is 0.255 e. The number of nitrogens with zero attached hydrogens (tertiary/aromatic N) is 3. The van der Waals surface area contributed by atoms with E-state index >= 15 is 0 Å². The van der Waals surface area contributed by atoms with Crippen LogP contribution in [-0.4, -0.2) is 21.0 Å². The first-order valence-corrected chi connectivity index (χ1v) is 8.76. The standard InChI is InChI=1S/C20H16N4O3/c1-11-8-14(6-7-21-11)22-19(25)13-4-5-17-15(9-13)18(24-27-17)16-10-26-20(23-16)12-2-3-12/h4-10,12H,2-3H2,1H3,(H,21,22,25). The van der Waals surface area contributed by atoms with Crippen LogP contribution in [0.5, 0.6) is 0 Å². The molecule has 0 unspecified atom stereocenters. The molecule has 1 saturated carbocycles. The van der Waals surface area contributed by atoms with Crippen LogP contribution in [0, 0.1) is 6.92 Å². The molecule has 1 N–H and O–H groups in total. The lowest BCUT2D eigenvalue weighted by atomic mass is 10.1. The fourth-order valence-electron chi connectivity index (χ4n) is 3.01. The molecule has 3 heterocycles. The average Bonchev–Trinajstić information content (AvgIpc) is 3.25. The molecule has 1 fully saturated rings. The highest BCUT2D eigenvalue weighted by Crippen LogP contribution is 2.40. The van der Waals surface area contributed by atoms with Crippen molar-refractivity contribution in [2.24, 2.45) is 0 Å². The summed E-state index contributed by atoms with van der Waals surface area (Å²) in [6.07, 6.45) is 5.47. The molecule has 0 aliphatic heterocycles. The van der Waals surface area contributed by atoms with Crippen molar-refractivity contribution in [1.82, 2.24) is 15.1 Å². The predicted molar refractivity (Wildman–Crippen MR) is 98.4 cm³/mol. The lowest BCUT2D eigenvalue weighted by Gasteiger charge is -2.05. The van der Waals surface area contributed by atoms with Crippen molar-refractivity contribution in [2.45, 2.75) is 25.7 Å². The minimum absolute atomic E-state index is 0.214. The van der Waals surface area contributed by atoms with Crippen molar-refractivity contribution in [2.75, 3.05) is 5.32 Å². The van der Waals surface area contributed by atoms with E-state index in [4.69, 9.17) is 8.94 Å². The van der Waals surface area contributed by atoms with Gasteiger partial charge in [0, 0.05) is 29.1 Å². The SMILES string of the molecule is Cc1cc(NC(=O)c2ccc3onc(-c4coc(C5CC5)n4)c3c2)ccn1. The van der Waals surface area contributed by atoms with E-state index in [1.54, 1.807) is 36.7 Å².